The maximum atomic E-state index is 10.7. The first-order valence-electron chi connectivity index (χ1n) is 5.11. The van der Waals surface area contributed by atoms with E-state index in [1.807, 2.05) is 30.7 Å². The second kappa shape index (κ2) is 22.6. The molecule has 0 atom stereocenters. The van der Waals surface area contributed by atoms with Crippen LogP contribution in [0.25, 0.3) is 0 Å². The Bertz CT molecular complexity index is 501. The van der Waals surface area contributed by atoms with E-state index >= 15 is 0 Å². The van der Waals surface area contributed by atoms with Crippen LogP contribution in [-0.2, 0) is 29.6 Å². The number of nitriles is 3. The maximum Gasteiger partial charge on any atom is 1.00 e. The van der Waals surface area contributed by atoms with Crippen molar-refractivity contribution in [3.8, 4) is 18.2 Å². The number of allylic oxidation sites excluding steroid dienone is 4. The van der Waals surface area contributed by atoms with Gasteiger partial charge in [-0.2, -0.15) is 29.0 Å². The molecule has 130 valence electrons. The van der Waals surface area contributed by atoms with Gasteiger partial charge in [-0.15, -0.1) is 0 Å². The molecule has 0 bridgehead atoms. The number of rotatable bonds is 0. The van der Waals surface area contributed by atoms with Gasteiger partial charge in [0.2, 0.25) is 0 Å². The third-order valence-corrected chi connectivity index (χ3v) is 1.41. The minimum atomic E-state index is -6.09. The molecule has 0 saturated heterocycles. The van der Waals surface area contributed by atoms with Crippen molar-refractivity contribution in [2.75, 3.05) is 0 Å². The van der Waals surface area contributed by atoms with Crippen LogP contribution in [-0.4, -0.2) is 18.5 Å². The van der Waals surface area contributed by atoms with E-state index in [1.165, 1.54) is 20.8 Å². The van der Waals surface area contributed by atoms with Crippen LogP contribution in [0.2, 0.25) is 0 Å². The van der Waals surface area contributed by atoms with Crippen LogP contribution < -0.4 is 0 Å². The summed E-state index contributed by atoms with van der Waals surface area (Å²) in [5, 5.41) is 22.0. The third kappa shape index (κ3) is 44.9. The van der Waals surface area contributed by atoms with Crippen molar-refractivity contribution in [1.82, 2.24) is 0 Å². The third-order valence-electron chi connectivity index (χ3n) is 0.839. The van der Waals surface area contributed by atoms with E-state index in [1.54, 1.807) is 18.2 Å². The Hall–Kier alpha value is -1.73. The molecule has 1 aliphatic carbocycles. The van der Waals surface area contributed by atoms with Crippen LogP contribution in [0.15, 0.2) is 24.3 Å². The van der Waals surface area contributed by atoms with Gasteiger partial charge in [0.25, 0.3) is 0 Å². The number of hydrogen-bond donors (Lipinski definition) is 0. The first kappa shape index (κ1) is 33.0. The molecule has 0 aromatic rings. The standard InChI is InChI=1S/C5H5.3C2H3N.CHF3O3S.Ru/c1-2-4-5-3-1;3*1-2-3;2-1(3,4)8(5,6)7;/h1-5H;3*1H3;(H,5,6,7);/q;;;;;+1/p-1. The minimum Gasteiger partial charge on any atom is -0.741 e. The van der Waals surface area contributed by atoms with Crippen LogP contribution in [0, 0.1) is 40.4 Å². The zero-order valence-electron chi connectivity index (χ0n) is 12.3. The first-order chi connectivity index (χ1) is 9.99. The van der Waals surface area contributed by atoms with Gasteiger partial charge in [0.1, 0.15) is 0 Å². The fourth-order valence-electron chi connectivity index (χ4n) is 0.321. The van der Waals surface area contributed by atoms with Crippen molar-refractivity contribution in [3.63, 3.8) is 0 Å². The molecule has 0 saturated carbocycles. The molecule has 11 heteroatoms. The number of halogens is 3. The first-order valence-corrected chi connectivity index (χ1v) is 6.52. The second-order valence-electron chi connectivity index (χ2n) is 2.53. The number of hydrogen-bond acceptors (Lipinski definition) is 6. The van der Waals surface area contributed by atoms with Gasteiger partial charge >= 0.3 is 25.0 Å². The van der Waals surface area contributed by atoms with E-state index in [4.69, 9.17) is 28.8 Å². The predicted octanol–water partition coefficient (Wildman–Crippen LogP) is 2.96. The van der Waals surface area contributed by atoms with Crippen molar-refractivity contribution < 1.29 is 45.6 Å². The monoisotopic (exact) mass is 439 g/mol. The Morgan fingerprint density at radius 3 is 1.09 bits per heavy atom. The SMILES string of the molecule is CC#N.CC#N.CC#N.O=S(=O)([O-])C(F)(F)F.[CH]1C=CC=C1.[Ru+]. The molecule has 0 N–H and O–H groups in total. The van der Waals surface area contributed by atoms with Gasteiger partial charge in [-0.3, -0.25) is 0 Å². The number of alkyl halides is 3. The molecule has 23 heavy (non-hydrogen) atoms. The maximum absolute atomic E-state index is 10.7. The van der Waals surface area contributed by atoms with Crippen molar-refractivity contribution in [1.29, 1.82) is 15.8 Å². The van der Waals surface area contributed by atoms with Crippen molar-refractivity contribution >= 4 is 10.1 Å². The van der Waals surface area contributed by atoms with Gasteiger partial charge in [-0.05, 0) is 0 Å². The fraction of sp³-hybridized carbons (Fsp3) is 0.333. The predicted molar refractivity (Wildman–Crippen MR) is 72.2 cm³/mol. The zero-order valence-corrected chi connectivity index (χ0v) is 14.9. The quantitative estimate of drug-likeness (QED) is 0.325. The smallest absolute Gasteiger partial charge is 0.741 e. The minimum absolute atomic E-state index is 0. The van der Waals surface area contributed by atoms with Crippen molar-refractivity contribution in [3.05, 3.63) is 30.7 Å². The number of nitrogens with zero attached hydrogens (tertiary/aromatic N) is 3. The van der Waals surface area contributed by atoms with E-state index < -0.39 is 15.6 Å². The van der Waals surface area contributed by atoms with Gasteiger partial charge in [-0.1, -0.05) is 24.3 Å². The van der Waals surface area contributed by atoms with E-state index in [2.05, 4.69) is 0 Å². The fourth-order valence-corrected chi connectivity index (χ4v) is 0.321. The average molecular weight is 438 g/mol. The van der Waals surface area contributed by atoms with Crippen LogP contribution in [0.4, 0.5) is 13.2 Å². The summed E-state index contributed by atoms with van der Waals surface area (Å²) >= 11 is 0. The molecule has 0 amide bonds. The van der Waals surface area contributed by atoms with Crippen LogP contribution >= 0.6 is 0 Å². The van der Waals surface area contributed by atoms with E-state index in [9.17, 15) is 13.2 Å². The molecule has 0 unspecified atom stereocenters. The summed E-state index contributed by atoms with van der Waals surface area (Å²) in [6.07, 6.45) is 10.0. The topological polar surface area (TPSA) is 129 Å². The Kier molecular flexibility index (Phi) is 32.4. The summed E-state index contributed by atoms with van der Waals surface area (Å²) in [5.74, 6) is 0. The van der Waals surface area contributed by atoms with Crippen LogP contribution in [0.5, 0.6) is 0 Å². The molecule has 0 aromatic heterocycles. The van der Waals surface area contributed by atoms with Crippen molar-refractivity contribution in [2.45, 2.75) is 26.3 Å². The molecule has 0 fully saturated rings. The Morgan fingerprint density at radius 1 is 0.870 bits per heavy atom. The van der Waals surface area contributed by atoms with Gasteiger partial charge in [-0.25, -0.2) is 8.42 Å². The molecule has 0 heterocycles. The summed E-state index contributed by atoms with van der Waals surface area (Å²) in [5.41, 5.74) is -5.65. The van der Waals surface area contributed by atoms with Gasteiger partial charge in [0, 0.05) is 27.2 Å². The largest absolute Gasteiger partial charge is 1.00 e. The second-order valence-corrected chi connectivity index (χ2v) is 3.90. The normalized spacial score (nSPS) is 9.74. The summed E-state index contributed by atoms with van der Waals surface area (Å²) in [4.78, 5) is 0. The Balaban J connectivity index is -0.0000000627. The molecular weight excluding hydrogens is 424 g/mol. The molecular formula is C12H14F3N3O3RuS. The molecule has 1 aliphatic rings. The van der Waals surface area contributed by atoms with Crippen LogP contribution in [0.3, 0.4) is 0 Å². The molecule has 2 radical (unpaired) electrons. The molecule has 0 aromatic carbocycles. The van der Waals surface area contributed by atoms with Gasteiger partial charge in [0.05, 0.1) is 18.2 Å². The summed E-state index contributed by atoms with van der Waals surface area (Å²) in [6.45, 7) is 4.29. The van der Waals surface area contributed by atoms with E-state index in [0.717, 1.165) is 0 Å². The summed E-state index contributed by atoms with van der Waals surface area (Å²) < 4.78 is 58.9. The zero-order chi connectivity index (χ0) is 18.7. The Morgan fingerprint density at radius 2 is 1.04 bits per heavy atom. The van der Waals surface area contributed by atoms with Gasteiger partial charge in [0.15, 0.2) is 10.1 Å². The molecule has 0 spiro atoms. The molecule has 0 aliphatic heterocycles. The Labute approximate surface area is 147 Å². The summed E-state index contributed by atoms with van der Waals surface area (Å²) in [7, 11) is -6.09. The van der Waals surface area contributed by atoms with Gasteiger partial charge < -0.3 is 4.55 Å². The summed E-state index contributed by atoms with van der Waals surface area (Å²) in [6, 6.07) is 5.25. The van der Waals surface area contributed by atoms with E-state index in [-0.39, 0.29) is 19.5 Å². The average Bonchev–Trinajstić information content (AvgIpc) is 2.87. The molecule has 1 rings (SSSR count). The van der Waals surface area contributed by atoms with Crippen LogP contribution in [0.1, 0.15) is 20.8 Å². The van der Waals surface area contributed by atoms with E-state index in [0.29, 0.717) is 0 Å². The molecule has 6 nitrogen and oxygen atoms in total. The van der Waals surface area contributed by atoms with Crippen molar-refractivity contribution in [2.24, 2.45) is 0 Å².